The number of anilines is 1. The third kappa shape index (κ3) is 1.81. The summed E-state index contributed by atoms with van der Waals surface area (Å²) in [6, 6.07) is 12.9. The highest BCUT2D eigenvalue weighted by Gasteiger charge is 2.26. The van der Waals surface area contributed by atoms with E-state index in [0.29, 0.717) is 6.04 Å². The van der Waals surface area contributed by atoms with E-state index in [2.05, 4.69) is 54.0 Å². The minimum Gasteiger partial charge on any atom is -0.484 e. The van der Waals surface area contributed by atoms with Crippen LogP contribution in [0.4, 0.5) is 5.69 Å². The van der Waals surface area contributed by atoms with Crippen LogP contribution in [-0.4, -0.2) is 25.7 Å². The van der Waals surface area contributed by atoms with Crippen molar-refractivity contribution in [1.29, 1.82) is 0 Å². The van der Waals surface area contributed by atoms with Gasteiger partial charge in [-0.2, -0.15) is 0 Å². The molecule has 3 heteroatoms. The molecule has 2 aromatic rings. The van der Waals surface area contributed by atoms with E-state index in [1.54, 1.807) is 0 Å². The van der Waals surface area contributed by atoms with E-state index in [0.717, 1.165) is 18.0 Å². The van der Waals surface area contributed by atoms with Crippen LogP contribution < -0.4 is 15.4 Å². The molecule has 0 aliphatic carbocycles. The van der Waals surface area contributed by atoms with Crippen LogP contribution in [-0.2, 0) is 0 Å². The third-order valence-electron chi connectivity index (χ3n) is 3.49. The molecule has 0 fully saturated rings. The Morgan fingerprint density at radius 2 is 2.06 bits per heavy atom. The fraction of sp³-hybridized carbons (Fsp3) is 0.333. The summed E-state index contributed by atoms with van der Waals surface area (Å²) in [6.07, 6.45) is 0.160. The first kappa shape index (κ1) is 11.4. The van der Waals surface area contributed by atoms with Crippen LogP contribution in [0, 0.1) is 0 Å². The summed E-state index contributed by atoms with van der Waals surface area (Å²) < 4.78 is 6.17. The van der Waals surface area contributed by atoms with Crippen LogP contribution in [0.5, 0.6) is 5.75 Å². The zero-order valence-corrected chi connectivity index (χ0v) is 10.7. The van der Waals surface area contributed by atoms with Gasteiger partial charge in [-0.25, -0.2) is 0 Å². The van der Waals surface area contributed by atoms with Gasteiger partial charge in [0, 0.05) is 11.9 Å². The van der Waals surface area contributed by atoms with Crippen molar-refractivity contribution in [2.45, 2.75) is 19.1 Å². The first-order valence-corrected chi connectivity index (χ1v) is 6.39. The third-order valence-corrected chi connectivity index (χ3v) is 3.49. The van der Waals surface area contributed by atoms with Gasteiger partial charge in [-0.3, -0.25) is 0 Å². The van der Waals surface area contributed by atoms with Crippen LogP contribution in [0.25, 0.3) is 10.8 Å². The van der Waals surface area contributed by atoms with Gasteiger partial charge in [0.1, 0.15) is 6.10 Å². The average molecular weight is 242 g/mol. The molecule has 2 N–H and O–H groups in total. The van der Waals surface area contributed by atoms with E-state index in [4.69, 9.17) is 4.74 Å². The highest BCUT2D eigenvalue weighted by Crippen LogP contribution is 2.38. The normalized spacial score (nSPS) is 22.1. The zero-order chi connectivity index (χ0) is 12.5. The second-order valence-electron chi connectivity index (χ2n) is 4.81. The molecule has 0 spiro atoms. The number of rotatable bonds is 2. The molecule has 1 aliphatic heterocycles. The smallest absolute Gasteiger partial charge is 0.150 e. The first-order valence-electron chi connectivity index (χ1n) is 6.39. The van der Waals surface area contributed by atoms with Gasteiger partial charge in [-0.1, -0.05) is 30.3 Å². The Morgan fingerprint density at radius 3 is 2.89 bits per heavy atom. The Hall–Kier alpha value is -1.74. The Morgan fingerprint density at radius 1 is 1.22 bits per heavy atom. The zero-order valence-electron chi connectivity index (χ0n) is 10.7. The minimum absolute atomic E-state index is 0.160. The van der Waals surface area contributed by atoms with Crippen molar-refractivity contribution >= 4 is 16.5 Å². The van der Waals surface area contributed by atoms with E-state index in [9.17, 15) is 0 Å². The number of fused-ring (bicyclic) bond motifs is 3. The second-order valence-corrected chi connectivity index (χ2v) is 4.81. The summed E-state index contributed by atoms with van der Waals surface area (Å²) in [4.78, 5) is 0. The topological polar surface area (TPSA) is 33.3 Å². The van der Waals surface area contributed by atoms with E-state index < -0.39 is 0 Å². The fourth-order valence-electron chi connectivity index (χ4n) is 2.49. The second kappa shape index (κ2) is 4.50. The lowest BCUT2D eigenvalue weighted by atomic mass is 10.0. The molecular weight excluding hydrogens is 224 g/mol. The van der Waals surface area contributed by atoms with Gasteiger partial charge >= 0.3 is 0 Å². The quantitative estimate of drug-likeness (QED) is 0.849. The van der Waals surface area contributed by atoms with Crippen LogP contribution >= 0.6 is 0 Å². The van der Waals surface area contributed by atoms with Crippen molar-refractivity contribution in [1.82, 2.24) is 5.32 Å². The maximum Gasteiger partial charge on any atom is 0.150 e. The lowest BCUT2D eigenvalue weighted by Crippen LogP contribution is -2.45. The molecular formula is C15H18N2O. The molecule has 3 nitrogen and oxygen atoms in total. The predicted molar refractivity (Wildman–Crippen MR) is 75.4 cm³/mol. The lowest BCUT2D eigenvalue weighted by molar-refractivity contribution is 0.176. The summed E-state index contributed by atoms with van der Waals surface area (Å²) in [5.41, 5.74) is 1.09. The summed E-state index contributed by atoms with van der Waals surface area (Å²) >= 11 is 0. The van der Waals surface area contributed by atoms with Crippen LogP contribution in [0.1, 0.15) is 6.92 Å². The predicted octanol–water partition coefficient (Wildman–Crippen LogP) is 2.62. The van der Waals surface area contributed by atoms with Crippen molar-refractivity contribution < 1.29 is 4.74 Å². The van der Waals surface area contributed by atoms with Gasteiger partial charge in [0.25, 0.3) is 0 Å². The van der Waals surface area contributed by atoms with Crippen LogP contribution in [0.15, 0.2) is 36.4 Å². The van der Waals surface area contributed by atoms with Crippen molar-refractivity contribution in [2.75, 3.05) is 18.9 Å². The molecule has 0 amide bonds. The summed E-state index contributed by atoms with van der Waals surface area (Å²) in [7, 11) is 1.95. The highest BCUT2D eigenvalue weighted by molar-refractivity contribution is 5.93. The van der Waals surface area contributed by atoms with E-state index >= 15 is 0 Å². The van der Waals surface area contributed by atoms with E-state index in [1.807, 2.05) is 7.05 Å². The van der Waals surface area contributed by atoms with Gasteiger partial charge in [0.2, 0.25) is 0 Å². The number of hydrogen-bond donors (Lipinski definition) is 2. The molecule has 2 aromatic carbocycles. The minimum atomic E-state index is 0.160. The standard InChI is InChI=1S/C15H18N2O/c1-10-14(9-16-2)18-15-12-6-4-3-5-11(12)7-8-13(15)17-10/h3-8,10,14,16-17H,9H2,1-2H3. The summed E-state index contributed by atoms with van der Waals surface area (Å²) in [6.45, 7) is 3.00. The van der Waals surface area contributed by atoms with Gasteiger partial charge in [-0.05, 0) is 25.4 Å². The van der Waals surface area contributed by atoms with Gasteiger partial charge in [-0.15, -0.1) is 0 Å². The summed E-state index contributed by atoms with van der Waals surface area (Å²) in [5, 5.41) is 9.10. The molecule has 0 bridgehead atoms. The Balaban J connectivity index is 2.08. The molecule has 94 valence electrons. The Bertz CT molecular complexity index is 567. The molecule has 3 rings (SSSR count). The van der Waals surface area contributed by atoms with E-state index in [-0.39, 0.29) is 6.10 Å². The number of hydrogen-bond acceptors (Lipinski definition) is 3. The maximum absolute atomic E-state index is 6.17. The van der Waals surface area contributed by atoms with Crippen LogP contribution in [0.3, 0.4) is 0 Å². The highest BCUT2D eigenvalue weighted by atomic mass is 16.5. The molecule has 1 heterocycles. The van der Waals surface area contributed by atoms with E-state index in [1.165, 1.54) is 10.8 Å². The summed E-state index contributed by atoms with van der Waals surface area (Å²) in [5.74, 6) is 0.978. The largest absolute Gasteiger partial charge is 0.484 e. The number of benzene rings is 2. The molecule has 0 saturated carbocycles. The maximum atomic E-state index is 6.17. The number of likely N-dealkylation sites (N-methyl/N-ethyl adjacent to an activating group) is 1. The van der Waals surface area contributed by atoms with Crippen molar-refractivity contribution in [3.05, 3.63) is 36.4 Å². The molecule has 1 aliphatic rings. The lowest BCUT2D eigenvalue weighted by Gasteiger charge is -2.33. The molecule has 0 radical (unpaired) electrons. The number of nitrogens with one attached hydrogen (secondary N) is 2. The molecule has 0 aromatic heterocycles. The molecule has 2 unspecified atom stereocenters. The Kier molecular flexibility index (Phi) is 2.84. The molecule has 18 heavy (non-hydrogen) atoms. The van der Waals surface area contributed by atoms with Crippen molar-refractivity contribution in [3.8, 4) is 5.75 Å². The van der Waals surface area contributed by atoms with Crippen LogP contribution in [0.2, 0.25) is 0 Å². The number of ether oxygens (including phenoxy) is 1. The van der Waals surface area contributed by atoms with Gasteiger partial charge in [0.15, 0.2) is 5.75 Å². The van der Waals surface area contributed by atoms with Gasteiger partial charge < -0.3 is 15.4 Å². The fourth-order valence-corrected chi connectivity index (χ4v) is 2.49. The van der Waals surface area contributed by atoms with Crippen molar-refractivity contribution in [3.63, 3.8) is 0 Å². The SMILES string of the molecule is CNCC1Oc2c(ccc3ccccc23)NC1C. The molecule has 0 saturated heterocycles. The first-order chi connectivity index (χ1) is 8.79. The van der Waals surface area contributed by atoms with Gasteiger partial charge in [0.05, 0.1) is 11.7 Å². The Labute approximate surface area is 107 Å². The monoisotopic (exact) mass is 242 g/mol. The average Bonchev–Trinajstić information content (AvgIpc) is 2.40. The molecule has 2 atom stereocenters. The van der Waals surface area contributed by atoms with Crippen molar-refractivity contribution in [2.24, 2.45) is 0 Å².